The molecule has 0 radical (unpaired) electrons. The molecule has 1 aliphatic heterocycles. The van der Waals surface area contributed by atoms with E-state index in [0.29, 0.717) is 32.8 Å². The van der Waals surface area contributed by atoms with E-state index in [9.17, 15) is 14.0 Å². The van der Waals surface area contributed by atoms with Crippen LogP contribution in [0.2, 0.25) is 0 Å². The zero-order valence-electron chi connectivity index (χ0n) is 11.2. The first-order valence-electron chi connectivity index (χ1n) is 6.45. The Kier molecular flexibility index (Phi) is 4.49. The molecule has 0 bridgehead atoms. The Morgan fingerprint density at radius 1 is 1.25 bits per heavy atom. The maximum atomic E-state index is 13.0. The van der Waals surface area contributed by atoms with Crippen LogP contribution in [0.5, 0.6) is 0 Å². The fourth-order valence-corrected chi connectivity index (χ4v) is 2.00. The van der Waals surface area contributed by atoms with E-state index in [1.165, 1.54) is 18.2 Å². The van der Waals surface area contributed by atoms with Gasteiger partial charge in [0, 0.05) is 26.2 Å². The molecule has 2 rings (SSSR count). The number of aromatic nitrogens is 1. The third kappa shape index (κ3) is 3.23. The van der Waals surface area contributed by atoms with Gasteiger partial charge in [-0.15, -0.1) is 0 Å². The molecule has 0 N–H and O–H groups in total. The summed E-state index contributed by atoms with van der Waals surface area (Å²) in [6, 6.07) is 4.11. The van der Waals surface area contributed by atoms with Crippen molar-refractivity contribution in [3.63, 3.8) is 0 Å². The second kappa shape index (κ2) is 6.31. The van der Waals surface area contributed by atoms with Crippen LogP contribution in [-0.2, 0) is 4.74 Å². The summed E-state index contributed by atoms with van der Waals surface area (Å²) < 4.78 is 17.9. The van der Waals surface area contributed by atoms with Crippen LogP contribution in [0, 0.1) is 5.95 Å². The van der Waals surface area contributed by atoms with E-state index < -0.39 is 5.95 Å². The van der Waals surface area contributed by atoms with Crippen LogP contribution < -0.4 is 0 Å². The summed E-state index contributed by atoms with van der Waals surface area (Å²) in [4.78, 5) is 30.3. The Labute approximate surface area is 116 Å². The molecule has 0 atom stereocenters. The van der Waals surface area contributed by atoms with E-state index in [4.69, 9.17) is 4.74 Å². The van der Waals surface area contributed by atoms with Gasteiger partial charge < -0.3 is 14.5 Å². The van der Waals surface area contributed by atoms with Gasteiger partial charge in [-0.3, -0.25) is 4.79 Å². The third-order valence-corrected chi connectivity index (χ3v) is 3.03. The standard InChI is InChI=1S/C13H16FN3O3/c1-2-20-13(19)17-8-6-16(7-9-17)12(18)10-4-3-5-11(14)15-10/h3-5H,2,6-9H2,1H3. The number of pyridine rings is 1. The fraction of sp³-hybridized carbons (Fsp3) is 0.462. The summed E-state index contributed by atoms with van der Waals surface area (Å²) >= 11 is 0. The van der Waals surface area contributed by atoms with E-state index >= 15 is 0 Å². The van der Waals surface area contributed by atoms with Gasteiger partial charge in [0.15, 0.2) is 0 Å². The van der Waals surface area contributed by atoms with Crippen molar-refractivity contribution in [2.45, 2.75) is 6.92 Å². The molecule has 0 aromatic carbocycles. The Bertz CT molecular complexity index is 501. The highest BCUT2D eigenvalue weighted by molar-refractivity contribution is 5.92. The van der Waals surface area contributed by atoms with E-state index in [1.54, 1.807) is 16.7 Å². The van der Waals surface area contributed by atoms with Gasteiger partial charge in [-0.1, -0.05) is 6.07 Å². The average molecular weight is 281 g/mol. The van der Waals surface area contributed by atoms with Crippen LogP contribution in [0.25, 0.3) is 0 Å². The van der Waals surface area contributed by atoms with Crippen LogP contribution in [0.15, 0.2) is 18.2 Å². The first-order valence-corrected chi connectivity index (χ1v) is 6.45. The minimum absolute atomic E-state index is 0.0783. The molecule has 1 fully saturated rings. The van der Waals surface area contributed by atoms with Gasteiger partial charge in [0.1, 0.15) is 5.69 Å². The SMILES string of the molecule is CCOC(=O)N1CCN(C(=O)c2cccc(F)n2)CC1. The lowest BCUT2D eigenvalue weighted by molar-refractivity contribution is 0.0565. The Morgan fingerprint density at radius 2 is 1.90 bits per heavy atom. The van der Waals surface area contributed by atoms with Crippen molar-refractivity contribution in [1.82, 2.24) is 14.8 Å². The van der Waals surface area contributed by atoms with Gasteiger partial charge in [0.05, 0.1) is 6.61 Å². The van der Waals surface area contributed by atoms with E-state index in [1.807, 2.05) is 0 Å². The predicted molar refractivity (Wildman–Crippen MR) is 68.7 cm³/mol. The highest BCUT2D eigenvalue weighted by Gasteiger charge is 2.26. The summed E-state index contributed by atoms with van der Waals surface area (Å²) in [5.41, 5.74) is 0.0783. The van der Waals surface area contributed by atoms with Gasteiger partial charge >= 0.3 is 6.09 Å². The molecule has 2 amide bonds. The van der Waals surface area contributed by atoms with Crippen LogP contribution in [0.3, 0.4) is 0 Å². The fourth-order valence-electron chi connectivity index (χ4n) is 2.00. The summed E-state index contributed by atoms with van der Waals surface area (Å²) in [5.74, 6) is -1.01. The molecule has 1 aromatic rings. The van der Waals surface area contributed by atoms with Crippen molar-refractivity contribution in [2.24, 2.45) is 0 Å². The number of hydrogen-bond acceptors (Lipinski definition) is 4. The molecule has 0 aliphatic carbocycles. The molecule has 0 spiro atoms. The van der Waals surface area contributed by atoms with Crippen molar-refractivity contribution < 1.29 is 18.7 Å². The molecule has 6 nitrogen and oxygen atoms in total. The lowest BCUT2D eigenvalue weighted by Crippen LogP contribution is -2.50. The lowest BCUT2D eigenvalue weighted by Gasteiger charge is -2.33. The minimum atomic E-state index is -0.680. The van der Waals surface area contributed by atoms with Crippen molar-refractivity contribution in [3.05, 3.63) is 29.8 Å². The molecule has 0 unspecified atom stereocenters. The number of piperazine rings is 1. The quantitative estimate of drug-likeness (QED) is 0.762. The Morgan fingerprint density at radius 3 is 2.50 bits per heavy atom. The summed E-state index contributed by atoms with van der Waals surface area (Å²) in [6.07, 6.45) is -0.372. The average Bonchev–Trinajstić information content (AvgIpc) is 2.47. The first kappa shape index (κ1) is 14.2. The molecule has 2 heterocycles. The highest BCUT2D eigenvalue weighted by Crippen LogP contribution is 2.08. The number of nitrogens with zero attached hydrogens (tertiary/aromatic N) is 3. The van der Waals surface area contributed by atoms with Gasteiger partial charge in [0.2, 0.25) is 5.95 Å². The number of amides is 2. The second-order valence-corrected chi connectivity index (χ2v) is 4.32. The molecular weight excluding hydrogens is 265 g/mol. The molecule has 108 valence electrons. The summed E-state index contributed by atoms with van der Waals surface area (Å²) in [5, 5.41) is 0. The van der Waals surface area contributed by atoms with Crippen molar-refractivity contribution >= 4 is 12.0 Å². The van der Waals surface area contributed by atoms with E-state index in [-0.39, 0.29) is 17.7 Å². The number of rotatable bonds is 2. The maximum absolute atomic E-state index is 13.0. The molecule has 0 saturated carbocycles. The zero-order chi connectivity index (χ0) is 14.5. The smallest absolute Gasteiger partial charge is 0.409 e. The third-order valence-electron chi connectivity index (χ3n) is 3.03. The van der Waals surface area contributed by atoms with Crippen molar-refractivity contribution in [3.8, 4) is 0 Å². The normalized spacial score (nSPS) is 15.1. The van der Waals surface area contributed by atoms with Crippen molar-refractivity contribution in [2.75, 3.05) is 32.8 Å². The Balaban J connectivity index is 1.93. The van der Waals surface area contributed by atoms with Crippen LogP contribution in [0.4, 0.5) is 9.18 Å². The van der Waals surface area contributed by atoms with Crippen LogP contribution in [0.1, 0.15) is 17.4 Å². The number of carbonyl (C=O) groups is 2. The molecule has 20 heavy (non-hydrogen) atoms. The molecule has 1 aromatic heterocycles. The second-order valence-electron chi connectivity index (χ2n) is 4.32. The number of carbonyl (C=O) groups excluding carboxylic acids is 2. The molecular formula is C13H16FN3O3. The van der Waals surface area contributed by atoms with E-state index in [2.05, 4.69) is 4.98 Å². The molecule has 1 saturated heterocycles. The summed E-state index contributed by atoms with van der Waals surface area (Å²) in [6.45, 7) is 3.64. The van der Waals surface area contributed by atoms with Crippen molar-refractivity contribution in [1.29, 1.82) is 0 Å². The summed E-state index contributed by atoms with van der Waals surface area (Å²) in [7, 11) is 0. The first-order chi connectivity index (χ1) is 9.61. The van der Waals surface area contributed by atoms with Crippen LogP contribution in [-0.4, -0.2) is 59.6 Å². The van der Waals surface area contributed by atoms with Gasteiger partial charge in [-0.25, -0.2) is 9.78 Å². The predicted octanol–water partition coefficient (Wildman–Crippen LogP) is 1.14. The van der Waals surface area contributed by atoms with Crippen LogP contribution >= 0.6 is 0 Å². The monoisotopic (exact) mass is 281 g/mol. The van der Waals surface area contributed by atoms with Gasteiger partial charge in [0.25, 0.3) is 5.91 Å². The Hall–Kier alpha value is -2.18. The number of ether oxygens (including phenoxy) is 1. The lowest BCUT2D eigenvalue weighted by atomic mass is 10.2. The number of halogens is 1. The maximum Gasteiger partial charge on any atom is 0.409 e. The van der Waals surface area contributed by atoms with E-state index in [0.717, 1.165) is 0 Å². The number of hydrogen-bond donors (Lipinski definition) is 0. The van der Waals surface area contributed by atoms with Gasteiger partial charge in [-0.05, 0) is 19.1 Å². The highest BCUT2D eigenvalue weighted by atomic mass is 19.1. The molecule has 1 aliphatic rings. The molecule has 7 heteroatoms. The topological polar surface area (TPSA) is 62.7 Å². The zero-order valence-corrected chi connectivity index (χ0v) is 11.2. The minimum Gasteiger partial charge on any atom is -0.450 e. The largest absolute Gasteiger partial charge is 0.450 e. The van der Waals surface area contributed by atoms with Gasteiger partial charge in [-0.2, -0.15) is 4.39 Å².